The number of carbonyl (C=O) groups is 2. The minimum absolute atomic E-state index is 0.159. The van der Waals surface area contributed by atoms with E-state index in [1.54, 1.807) is 12.1 Å². The minimum Gasteiger partial charge on any atom is -0.481 e. The van der Waals surface area contributed by atoms with Gasteiger partial charge in [-0.05, 0) is 54.5 Å². The van der Waals surface area contributed by atoms with Crippen molar-refractivity contribution >= 4 is 17.6 Å². The summed E-state index contributed by atoms with van der Waals surface area (Å²) in [6, 6.07) is 10.1. The van der Waals surface area contributed by atoms with Crippen LogP contribution in [0.15, 0.2) is 42.5 Å². The Morgan fingerprint density at radius 3 is 2.19 bits per heavy atom. The maximum atomic E-state index is 14.4. The van der Waals surface area contributed by atoms with E-state index >= 15 is 0 Å². The van der Waals surface area contributed by atoms with Crippen LogP contribution in [0.3, 0.4) is 0 Å². The van der Waals surface area contributed by atoms with E-state index in [4.69, 9.17) is 0 Å². The first-order valence-corrected chi connectivity index (χ1v) is 10.4. The summed E-state index contributed by atoms with van der Waals surface area (Å²) in [6.45, 7) is 2.83. The zero-order chi connectivity index (χ0) is 23.7. The number of alkyl halides is 3. The summed E-state index contributed by atoms with van der Waals surface area (Å²) in [5.41, 5.74) is 0.434. The average molecular weight is 451 g/mol. The van der Waals surface area contributed by atoms with Gasteiger partial charge in [-0.2, -0.15) is 13.2 Å². The maximum Gasteiger partial charge on any atom is 0.392 e. The van der Waals surface area contributed by atoms with Crippen LogP contribution in [0.5, 0.6) is 0 Å². The van der Waals surface area contributed by atoms with Gasteiger partial charge in [-0.25, -0.2) is 4.39 Å². The lowest BCUT2D eigenvalue weighted by atomic mass is 9.85. The molecule has 1 aliphatic carbocycles. The molecule has 0 saturated heterocycles. The van der Waals surface area contributed by atoms with E-state index in [0.29, 0.717) is 24.8 Å². The molecule has 0 bridgehead atoms. The van der Waals surface area contributed by atoms with E-state index in [1.165, 1.54) is 24.3 Å². The molecule has 1 amide bonds. The highest BCUT2D eigenvalue weighted by molar-refractivity contribution is 5.96. The molecular formula is C24H25F4NO3. The van der Waals surface area contributed by atoms with Crippen molar-refractivity contribution < 1.29 is 32.3 Å². The Labute approximate surface area is 183 Å². The topological polar surface area (TPSA) is 66.4 Å². The lowest BCUT2D eigenvalue weighted by Gasteiger charge is -2.26. The molecule has 172 valence electrons. The third-order valence-electron chi connectivity index (χ3n) is 6.18. The van der Waals surface area contributed by atoms with Crippen molar-refractivity contribution in [1.82, 2.24) is 0 Å². The van der Waals surface area contributed by atoms with E-state index in [1.807, 2.05) is 6.92 Å². The number of aliphatic carboxylic acids is 1. The van der Waals surface area contributed by atoms with Crippen molar-refractivity contribution in [2.24, 2.45) is 11.3 Å². The number of anilines is 1. The molecule has 2 N–H and O–H groups in total. The van der Waals surface area contributed by atoms with Crippen LogP contribution in [-0.2, 0) is 22.4 Å². The monoisotopic (exact) mass is 451 g/mol. The summed E-state index contributed by atoms with van der Waals surface area (Å²) in [5, 5.41) is 11.7. The van der Waals surface area contributed by atoms with Gasteiger partial charge in [0, 0.05) is 0 Å². The molecule has 4 nitrogen and oxygen atoms in total. The van der Waals surface area contributed by atoms with Crippen LogP contribution in [0, 0.1) is 17.2 Å². The van der Waals surface area contributed by atoms with Crippen molar-refractivity contribution in [2.75, 3.05) is 5.32 Å². The predicted molar refractivity (Wildman–Crippen MR) is 112 cm³/mol. The molecule has 2 unspecified atom stereocenters. The van der Waals surface area contributed by atoms with Gasteiger partial charge in [-0.1, -0.05) is 44.2 Å². The zero-order valence-electron chi connectivity index (χ0n) is 17.8. The Balaban J connectivity index is 1.88. The summed E-state index contributed by atoms with van der Waals surface area (Å²) in [7, 11) is 0. The van der Waals surface area contributed by atoms with E-state index < -0.39 is 41.1 Å². The molecule has 0 radical (unpaired) electrons. The number of carboxylic acid groups (broad SMARTS) is 1. The van der Waals surface area contributed by atoms with Crippen LogP contribution in [0.2, 0.25) is 0 Å². The Morgan fingerprint density at radius 1 is 1.09 bits per heavy atom. The summed E-state index contributed by atoms with van der Waals surface area (Å²) in [6.07, 6.45) is -2.78. The maximum absolute atomic E-state index is 14.4. The molecular weight excluding hydrogens is 426 g/mol. The Bertz CT molecular complexity index is 997. The van der Waals surface area contributed by atoms with Crippen molar-refractivity contribution in [3.05, 3.63) is 65.0 Å². The smallest absolute Gasteiger partial charge is 0.392 e. The van der Waals surface area contributed by atoms with Gasteiger partial charge >= 0.3 is 12.1 Å². The van der Waals surface area contributed by atoms with E-state index in [-0.39, 0.29) is 17.7 Å². The number of carbonyl (C=O) groups excluding carboxylic acids is 1. The van der Waals surface area contributed by atoms with Crippen molar-refractivity contribution in [1.29, 1.82) is 0 Å². The van der Waals surface area contributed by atoms with Gasteiger partial charge in [-0.15, -0.1) is 0 Å². The molecule has 1 aliphatic rings. The highest BCUT2D eigenvalue weighted by Gasteiger charge is 2.50. The number of hydrogen-bond donors (Lipinski definition) is 2. The SMILES string of the molecule is CCc1ccc(C(C(=O)Nc2cc(CC3(C(=O)O)CC3)ccc2F)C(C)C(F)(F)F)cc1. The number of hydrogen-bond acceptors (Lipinski definition) is 2. The molecule has 2 aromatic rings. The first kappa shape index (κ1) is 23.8. The predicted octanol–water partition coefficient (Wildman–Crippen LogP) is 5.72. The van der Waals surface area contributed by atoms with Crippen LogP contribution >= 0.6 is 0 Å². The van der Waals surface area contributed by atoms with Gasteiger partial charge in [0.25, 0.3) is 0 Å². The largest absolute Gasteiger partial charge is 0.481 e. The van der Waals surface area contributed by atoms with Crippen LogP contribution in [0.25, 0.3) is 0 Å². The summed E-state index contributed by atoms with van der Waals surface area (Å²) >= 11 is 0. The van der Waals surface area contributed by atoms with Crippen molar-refractivity contribution in [3.8, 4) is 0 Å². The van der Waals surface area contributed by atoms with E-state index in [2.05, 4.69) is 5.32 Å². The van der Waals surface area contributed by atoms with Gasteiger partial charge < -0.3 is 10.4 Å². The fourth-order valence-corrected chi connectivity index (χ4v) is 3.81. The molecule has 2 atom stereocenters. The van der Waals surface area contributed by atoms with Crippen LogP contribution in [0.4, 0.5) is 23.2 Å². The lowest BCUT2D eigenvalue weighted by molar-refractivity contribution is -0.178. The number of amides is 1. The van der Waals surface area contributed by atoms with Crippen LogP contribution in [-0.4, -0.2) is 23.2 Å². The number of carboxylic acids is 1. The van der Waals surface area contributed by atoms with E-state index in [0.717, 1.165) is 18.6 Å². The summed E-state index contributed by atoms with van der Waals surface area (Å²) in [4.78, 5) is 24.4. The minimum atomic E-state index is -4.63. The molecule has 1 fully saturated rings. The van der Waals surface area contributed by atoms with Gasteiger partial charge in [0.1, 0.15) is 5.82 Å². The third kappa shape index (κ3) is 5.11. The Morgan fingerprint density at radius 2 is 1.69 bits per heavy atom. The lowest BCUT2D eigenvalue weighted by Crippen LogP contribution is -2.34. The molecule has 3 rings (SSSR count). The highest BCUT2D eigenvalue weighted by Crippen LogP contribution is 2.49. The summed E-state index contributed by atoms with van der Waals surface area (Å²) < 4.78 is 55.0. The molecule has 2 aromatic carbocycles. The normalized spacial score (nSPS) is 16.8. The molecule has 8 heteroatoms. The standard InChI is InChI=1S/C24H25F4NO3/c1-3-15-4-7-17(8-5-15)20(14(2)24(26,27)28)21(30)29-19-12-16(6-9-18(19)25)13-23(10-11-23)22(31)32/h4-9,12,14,20H,3,10-11,13H2,1-2H3,(H,29,30)(H,31,32). The van der Waals surface area contributed by atoms with Gasteiger partial charge in [0.15, 0.2) is 0 Å². The molecule has 0 aliphatic heterocycles. The second-order valence-corrected chi connectivity index (χ2v) is 8.47. The quantitative estimate of drug-likeness (QED) is 0.505. The fourth-order valence-electron chi connectivity index (χ4n) is 3.81. The average Bonchev–Trinajstić information content (AvgIpc) is 3.51. The summed E-state index contributed by atoms with van der Waals surface area (Å²) in [5.74, 6) is -6.29. The zero-order valence-corrected chi connectivity index (χ0v) is 17.8. The van der Waals surface area contributed by atoms with Gasteiger partial charge in [-0.3, -0.25) is 9.59 Å². The Kier molecular flexibility index (Phi) is 6.62. The van der Waals surface area contributed by atoms with Crippen LogP contribution in [0.1, 0.15) is 49.3 Å². The van der Waals surface area contributed by atoms with Crippen molar-refractivity contribution in [3.63, 3.8) is 0 Å². The molecule has 0 spiro atoms. The number of benzene rings is 2. The Hall–Kier alpha value is -2.90. The number of nitrogens with one attached hydrogen (secondary N) is 1. The molecule has 0 aromatic heterocycles. The first-order chi connectivity index (χ1) is 15.0. The molecule has 1 saturated carbocycles. The second kappa shape index (κ2) is 8.92. The van der Waals surface area contributed by atoms with Gasteiger partial charge in [0.2, 0.25) is 5.91 Å². The second-order valence-electron chi connectivity index (χ2n) is 8.47. The fraction of sp³-hybridized carbons (Fsp3) is 0.417. The number of aryl methyl sites for hydroxylation is 1. The van der Waals surface area contributed by atoms with Crippen LogP contribution < -0.4 is 5.32 Å². The number of halogens is 4. The van der Waals surface area contributed by atoms with Gasteiger partial charge in [0.05, 0.1) is 22.9 Å². The number of rotatable bonds is 8. The third-order valence-corrected chi connectivity index (χ3v) is 6.18. The molecule has 32 heavy (non-hydrogen) atoms. The van der Waals surface area contributed by atoms with E-state index in [9.17, 15) is 32.3 Å². The first-order valence-electron chi connectivity index (χ1n) is 10.4. The highest BCUT2D eigenvalue weighted by atomic mass is 19.4. The molecule has 0 heterocycles. The van der Waals surface area contributed by atoms with Crippen molar-refractivity contribution in [2.45, 2.75) is 51.6 Å².